The quantitative estimate of drug-likeness (QED) is 0.754. The summed E-state index contributed by atoms with van der Waals surface area (Å²) in [6.45, 7) is 0.870. The van der Waals surface area contributed by atoms with E-state index in [1.54, 1.807) is 14.2 Å². The smallest absolute Gasteiger partial charge is 0.241 e. The van der Waals surface area contributed by atoms with E-state index in [1.807, 2.05) is 29.2 Å². The number of likely N-dealkylation sites (tertiary alicyclic amines) is 1. The number of methoxy groups -OCH3 is 1. The van der Waals surface area contributed by atoms with Crippen LogP contribution in [0.5, 0.6) is 5.75 Å². The summed E-state index contributed by atoms with van der Waals surface area (Å²) in [7, 11) is 3.19. The van der Waals surface area contributed by atoms with Gasteiger partial charge in [-0.05, 0) is 30.5 Å². The number of hydrogen-bond acceptors (Lipinski definition) is 4. The van der Waals surface area contributed by atoms with Crippen molar-refractivity contribution in [2.75, 3.05) is 27.2 Å². The van der Waals surface area contributed by atoms with Crippen LogP contribution in [0.4, 0.5) is 0 Å². The van der Waals surface area contributed by atoms with Gasteiger partial charge in [0, 0.05) is 13.6 Å². The second kappa shape index (κ2) is 8.37. The average molecular weight is 329 g/mol. The van der Waals surface area contributed by atoms with Crippen LogP contribution in [0.1, 0.15) is 24.4 Å². The summed E-state index contributed by atoms with van der Waals surface area (Å²) in [6, 6.07) is 6.46. The third-order valence-electron chi connectivity index (χ3n) is 4.22. The predicted molar refractivity (Wildman–Crippen MR) is 91.4 cm³/mol. The van der Waals surface area contributed by atoms with Gasteiger partial charge in [-0.25, -0.2) is 0 Å². The molecule has 1 aliphatic rings. The molecule has 2 N–H and O–H groups in total. The standard InChI is InChI=1S/C18H23N3O3/c1-4-11-20-17(22)15-6-5-12-21(15)16(18(23)19-2)13-7-9-14(24-3)10-8-13/h1,7-10,15-16H,5-6,11-12H2,2-3H3,(H,19,23)(H,20,22)/t15-,16+/m0/s1. The van der Waals surface area contributed by atoms with Crippen LogP contribution >= 0.6 is 0 Å². The van der Waals surface area contributed by atoms with Gasteiger partial charge in [0.15, 0.2) is 0 Å². The van der Waals surface area contributed by atoms with Gasteiger partial charge in [-0.15, -0.1) is 6.42 Å². The van der Waals surface area contributed by atoms with Crippen molar-refractivity contribution >= 4 is 11.8 Å². The monoisotopic (exact) mass is 329 g/mol. The fourth-order valence-corrected chi connectivity index (χ4v) is 3.05. The Morgan fingerprint density at radius 2 is 2.12 bits per heavy atom. The minimum atomic E-state index is -0.523. The number of rotatable bonds is 6. The molecule has 6 heteroatoms. The number of hydrogen-bond donors (Lipinski definition) is 2. The Labute approximate surface area is 142 Å². The Bertz CT molecular complexity index is 621. The van der Waals surface area contributed by atoms with Crippen LogP contribution in [-0.2, 0) is 9.59 Å². The highest BCUT2D eigenvalue weighted by Crippen LogP contribution is 2.30. The summed E-state index contributed by atoms with van der Waals surface area (Å²) in [5, 5.41) is 5.41. The summed E-state index contributed by atoms with van der Waals surface area (Å²) < 4.78 is 5.17. The first kappa shape index (κ1) is 17.8. The number of carbonyl (C=O) groups excluding carboxylic acids is 2. The molecule has 2 rings (SSSR count). The van der Waals surface area contributed by atoms with Gasteiger partial charge in [-0.2, -0.15) is 0 Å². The van der Waals surface area contributed by atoms with Crippen molar-refractivity contribution < 1.29 is 14.3 Å². The van der Waals surface area contributed by atoms with Gasteiger partial charge in [0.25, 0.3) is 0 Å². The molecule has 6 nitrogen and oxygen atoms in total. The van der Waals surface area contributed by atoms with E-state index >= 15 is 0 Å². The summed E-state index contributed by atoms with van der Waals surface area (Å²) in [4.78, 5) is 26.8. The molecule has 2 amide bonds. The maximum atomic E-state index is 12.5. The number of likely N-dealkylation sites (N-methyl/N-ethyl adjacent to an activating group) is 1. The lowest BCUT2D eigenvalue weighted by molar-refractivity contribution is -0.131. The summed E-state index contributed by atoms with van der Waals surface area (Å²) >= 11 is 0. The maximum absolute atomic E-state index is 12.5. The number of benzene rings is 1. The van der Waals surface area contributed by atoms with Crippen molar-refractivity contribution in [2.24, 2.45) is 0 Å². The molecule has 1 aromatic rings. The third kappa shape index (κ3) is 3.87. The molecule has 24 heavy (non-hydrogen) atoms. The largest absolute Gasteiger partial charge is 0.497 e. The zero-order valence-corrected chi connectivity index (χ0v) is 14.0. The van der Waals surface area contributed by atoms with E-state index in [4.69, 9.17) is 11.2 Å². The third-order valence-corrected chi connectivity index (χ3v) is 4.22. The lowest BCUT2D eigenvalue weighted by atomic mass is 10.0. The van der Waals surface area contributed by atoms with E-state index in [0.29, 0.717) is 13.0 Å². The van der Waals surface area contributed by atoms with Crippen molar-refractivity contribution in [3.05, 3.63) is 29.8 Å². The van der Waals surface area contributed by atoms with E-state index in [2.05, 4.69) is 16.6 Å². The first-order valence-electron chi connectivity index (χ1n) is 7.94. The molecule has 1 aromatic carbocycles. The number of carbonyl (C=O) groups is 2. The van der Waals surface area contributed by atoms with E-state index in [-0.39, 0.29) is 24.4 Å². The van der Waals surface area contributed by atoms with Gasteiger partial charge < -0.3 is 15.4 Å². The molecule has 0 unspecified atom stereocenters. The highest BCUT2D eigenvalue weighted by Gasteiger charge is 2.38. The van der Waals surface area contributed by atoms with Gasteiger partial charge in [0.2, 0.25) is 11.8 Å². The first-order chi connectivity index (χ1) is 11.6. The number of terminal acetylenes is 1. The van der Waals surface area contributed by atoms with Gasteiger partial charge in [0.1, 0.15) is 11.8 Å². The van der Waals surface area contributed by atoms with Crippen LogP contribution < -0.4 is 15.4 Å². The maximum Gasteiger partial charge on any atom is 0.241 e. The number of amides is 2. The highest BCUT2D eigenvalue weighted by atomic mass is 16.5. The zero-order valence-electron chi connectivity index (χ0n) is 14.0. The van der Waals surface area contributed by atoms with E-state index in [9.17, 15) is 9.59 Å². The van der Waals surface area contributed by atoms with Crippen LogP contribution in [0, 0.1) is 12.3 Å². The molecule has 2 atom stereocenters. The Morgan fingerprint density at radius 3 is 2.71 bits per heavy atom. The molecule has 1 saturated heterocycles. The van der Waals surface area contributed by atoms with Crippen molar-refractivity contribution in [1.29, 1.82) is 0 Å². The van der Waals surface area contributed by atoms with Gasteiger partial charge >= 0.3 is 0 Å². The molecular formula is C18H23N3O3. The van der Waals surface area contributed by atoms with Crippen LogP contribution in [0.3, 0.4) is 0 Å². The molecule has 0 bridgehead atoms. The topological polar surface area (TPSA) is 70.7 Å². The second-order valence-electron chi connectivity index (χ2n) is 5.61. The van der Waals surface area contributed by atoms with E-state index < -0.39 is 6.04 Å². The lowest BCUT2D eigenvalue weighted by Gasteiger charge is -2.31. The summed E-state index contributed by atoms with van der Waals surface area (Å²) in [5.74, 6) is 2.85. The molecule has 0 saturated carbocycles. The normalized spacial score (nSPS) is 18.5. The van der Waals surface area contributed by atoms with Crippen molar-refractivity contribution in [1.82, 2.24) is 15.5 Å². The molecule has 1 aliphatic heterocycles. The fourth-order valence-electron chi connectivity index (χ4n) is 3.05. The van der Waals surface area contributed by atoms with Gasteiger partial charge in [0.05, 0.1) is 19.7 Å². The molecule has 0 aromatic heterocycles. The molecule has 0 aliphatic carbocycles. The van der Waals surface area contributed by atoms with Crippen LogP contribution in [-0.4, -0.2) is 50.0 Å². The minimum Gasteiger partial charge on any atom is -0.497 e. The molecule has 0 radical (unpaired) electrons. The van der Waals surface area contributed by atoms with E-state index in [0.717, 1.165) is 17.7 Å². The molecular weight excluding hydrogens is 306 g/mol. The summed E-state index contributed by atoms with van der Waals surface area (Å²) in [6.07, 6.45) is 6.77. The van der Waals surface area contributed by atoms with Gasteiger partial charge in [-0.3, -0.25) is 14.5 Å². The molecule has 1 fully saturated rings. The average Bonchev–Trinajstić information content (AvgIpc) is 3.09. The van der Waals surface area contributed by atoms with Crippen molar-refractivity contribution in [2.45, 2.75) is 24.9 Å². The SMILES string of the molecule is C#CCNC(=O)[C@@H]1CCCN1[C@@H](C(=O)NC)c1ccc(OC)cc1. The number of nitrogens with one attached hydrogen (secondary N) is 2. The zero-order chi connectivity index (χ0) is 17.5. The molecule has 128 valence electrons. The highest BCUT2D eigenvalue weighted by molar-refractivity contribution is 5.86. The summed E-state index contributed by atoms with van der Waals surface area (Å²) in [5.41, 5.74) is 0.826. The Hall–Kier alpha value is -2.52. The van der Waals surface area contributed by atoms with Gasteiger partial charge in [-0.1, -0.05) is 18.1 Å². The van der Waals surface area contributed by atoms with Crippen molar-refractivity contribution in [3.8, 4) is 18.1 Å². The van der Waals surface area contributed by atoms with Crippen molar-refractivity contribution in [3.63, 3.8) is 0 Å². The first-order valence-corrected chi connectivity index (χ1v) is 7.94. The Balaban J connectivity index is 2.27. The van der Waals surface area contributed by atoms with Crippen LogP contribution in [0.2, 0.25) is 0 Å². The number of ether oxygens (including phenoxy) is 1. The Morgan fingerprint density at radius 1 is 1.42 bits per heavy atom. The molecule has 1 heterocycles. The Kier molecular flexibility index (Phi) is 6.21. The molecule has 0 spiro atoms. The van der Waals surface area contributed by atoms with Crippen LogP contribution in [0.15, 0.2) is 24.3 Å². The lowest BCUT2D eigenvalue weighted by Crippen LogP contribution is -2.48. The van der Waals surface area contributed by atoms with Crippen LogP contribution in [0.25, 0.3) is 0 Å². The fraction of sp³-hybridized carbons (Fsp3) is 0.444. The minimum absolute atomic E-state index is 0.132. The predicted octanol–water partition coefficient (Wildman–Crippen LogP) is 0.696. The number of nitrogens with zero attached hydrogens (tertiary/aromatic N) is 1. The van der Waals surface area contributed by atoms with E-state index in [1.165, 1.54) is 0 Å². The second-order valence-corrected chi connectivity index (χ2v) is 5.61.